The predicted octanol–water partition coefficient (Wildman–Crippen LogP) is 8.59. The molecule has 0 N–H and O–H groups in total. The van der Waals surface area contributed by atoms with Crippen LogP contribution in [-0.2, 0) is 6.42 Å². The number of benzene rings is 1. The van der Waals surface area contributed by atoms with E-state index in [1.165, 1.54) is 82.6 Å². The van der Waals surface area contributed by atoms with E-state index in [-0.39, 0.29) is 0 Å². The first-order valence-electron chi connectivity index (χ1n) is 13.5. The molecule has 1 aliphatic carbocycles. The Bertz CT molecular complexity index is 789. The van der Waals surface area contributed by atoms with Crippen LogP contribution in [0.5, 0.6) is 5.75 Å². The van der Waals surface area contributed by atoms with E-state index in [0.29, 0.717) is 6.61 Å². The second-order valence-electron chi connectivity index (χ2n) is 9.77. The fraction of sp³-hybridized carbons (Fsp3) is 0.600. The van der Waals surface area contributed by atoms with Crippen molar-refractivity contribution in [3.05, 3.63) is 54.4 Å². The molecule has 1 heterocycles. The molecule has 3 rings (SSSR count). The van der Waals surface area contributed by atoms with Crippen LogP contribution in [0.1, 0.15) is 96.5 Å². The maximum absolute atomic E-state index is 5.93. The van der Waals surface area contributed by atoms with E-state index >= 15 is 0 Å². The Morgan fingerprint density at radius 2 is 1.55 bits per heavy atom. The lowest BCUT2D eigenvalue weighted by Gasteiger charge is -2.26. The van der Waals surface area contributed by atoms with E-state index in [9.17, 15) is 0 Å². The van der Waals surface area contributed by atoms with Crippen molar-refractivity contribution < 1.29 is 4.74 Å². The first kappa shape index (κ1) is 25.5. The average molecular weight is 449 g/mol. The van der Waals surface area contributed by atoms with Crippen molar-refractivity contribution in [1.82, 2.24) is 9.97 Å². The Morgan fingerprint density at radius 3 is 2.24 bits per heavy atom. The highest BCUT2D eigenvalue weighted by Gasteiger charge is 2.18. The molecule has 0 bridgehead atoms. The Labute approximate surface area is 202 Å². The zero-order valence-electron chi connectivity index (χ0n) is 21.0. The van der Waals surface area contributed by atoms with Crippen LogP contribution in [0.15, 0.2) is 48.8 Å². The zero-order valence-corrected chi connectivity index (χ0v) is 21.0. The van der Waals surface area contributed by atoms with Gasteiger partial charge in [-0.25, -0.2) is 9.97 Å². The third-order valence-electron chi connectivity index (χ3n) is 7.00. The number of aryl methyl sites for hydroxylation is 1. The van der Waals surface area contributed by atoms with E-state index in [1.807, 2.05) is 24.5 Å². The summed E-state index contributed by atoms with van der Waals surface area (Å²) in [4.78, 5) is 9.14. The number of nitrogens with zero attached hydrogens (tertiary/aromatic N) is 2. The van der Waals surface area contributed by atoms with Crippen molar-refractivity contribution in [3.8, 4) is 17.1 Å². The summed E-state index contributed by atoms with van der Waals surface area (Å²) < 4.78 is 5.93. The minimum absolute atomic E-state index is 0.638. The topological polar surface area (TPSA) is 35.0 Å². The minimum atomic E-state index is 0.638. The SMILES string of the molecule is CCCCCCc1cnc(-c2ccc(OCC=C[C@H]3CC[C@H](CCCCC)CC3)cc2)nc1. The molecule has 0 atom stereocenters. The van der Waals surface area contributed by atoms with Gasteiger partial charge in [0.15, 0.2) is 5.82 Å². The van der Waals surface area contributed by atoms with E-state index in [1.54, 1.807) is 0 Å². The number of ether oxygens (including phenoxy) is 1. The minimum Gasteiger partial charge on any atom is -0.490 e. The summed E-state index contributed by atoms with van der Waals surface area (Å²) in [7, 11) is 0. The largest absolute Gasteiger partial charge is 0.490 e. The maximum atomic E-state index is 5.93. The lowest BCUT2D eigenvalue weighted by Crippen LogP contribution is -2.13. The van der Waals surface area contributed by atoms with Crippen LogP contribution in [0.25, 0.3) is 11.4 Å². The van der Waals surface area contributed by atoms with Crippen molar-refractivity contribution in [2.45, 2.75) is 97.3 Å². The van der Waals surface area contributed by atoms with Crippen LogP contribution >= 0.6 is 0 Å². The lowest BCUT2D eigenvalue weighted by molar-refractivity contribution is 0.288. The number of rotatable bonds is 14. The standard InChI is InChI=1S/C30H44N2O/c1-3-5-7-9-12-27-23-31-30(32-24-27)28-18-20-29(21-19-28)33-22-10-13-26-16-14-25(15-17-26)11-8-6-4-2/h10,13,18-21,23-26H,3-9,11-12,14-17,22H2,1-2H3/t25-,26-. The van der Waals surface area contributed by atoms with Crippen LogP contribution < -0.4 is 4.74 Å². The van der Waals surface area contributed by atoms with Crippen molar-refractivity contribution in [1.29, 1.82) is 0 Å². The van der Waals surface area contributed by atoms with Crippen LogP contribution in [0, 0.1) is 11.8 Å². The number of aromatic nitrogens is 2. The zero-order chi connectivity index (χ0) is 23.1. The monoisotopic (exact) mass is 448 g/mol. The normalized spacial score (nSPS) is 18.6. The summed E-state index contributed by atoms with van der Waals surface area (Å²) in [6, 6.07) is 8.14. The van der Waals surface area contributed by atoms with Crippen LogP contribution in [-0.4, -0.2) is 16.6 Å². The smallest absolute Gasteiger partial charge is 0.159 e. The molecular formula is C30H44N2O. The van der Waals surface area contributed by atoms with Gasteiger partial charge in [-0.3, -0.25) is 0 Å². The number of hydrogen-bond acceptors (Lipinski definition) is 3. The molecule has 33 heavy (non-hydrogen) atoms. The number of hydrogen-bond donors (Lipinski definition) is 0. The summed E-state index contributed by atoms with van der Waals surface area (Å²) in [5.74, 6) is 3.40. The molecule has 3 heteroatoms. The molecule has 0 aliphatic heterocycles. The fourth-order valence-electron chi connectivity index (χ4n) is 4.83. The van der Waals surface area contributed by atoms with Crippen molar-refractivity contribution >= 4 is 0 Å². The van der Waals surface area contributed by atoms with Gasteiger partial charge in [-0.2, -0.15) is 0 Å². The molecule has 0 saturated heterocycles. The quantitative estimate of drug-likeness (QED) is 0.214. The van der Waals surface area contributed by atoms with Gasteiger partial charge in [0, 0.05) is 18.0 Å². The molecule has 0 unspecified atom stereocenters. The van der Waals surface area contributed by atoms with Gasteiger partial charge in [-0.05, 0) is 80.2 Å². The molecule has 3 nitrogen and oxygen atoms in total. The summed E-state index contributed by atoms with van der Waals surface area (Å²) in [6.45, 7) is 5.17. The molecule has 180 valence electrons. The van der Waals surface area contributed by atoms with E-state index in [2.05, 4.69) is 48.1 Å². The Morgan fingerprint density at radius 1 is 0.848 bits per heavy atom. The molecule has 1 aromatic carbocycles. The summed E-state index contributed by atoms with van der Waals surface area (Å²) in [6.07, 6.45) is 25.8. The molecular weight excluding hydrogens is 404 g/mol. The maximum Gasteiger partial charge on any atom is 0.159 e. The van der Waals surface area contributed by atoms with Gasteiger partial charge in [-0.1, -0.05) is 70.9 Å². The molecule has 0 amide bonds. The third kappa shape index (κ3) is 9.31. The van der Waals surface area contributed by atoms with E-state index in [0.717, 1.165) is 35.4 Å². The van der Waals surface area contributed by atoms with E-state index in [4.69, 9.17) is 4.74 Å². The Balaban J connectivity index is 1.36. The van der Waals surface area contributed by atoms with Crippen molar-refractivity contribution in [2.75, 3.05) is 6.61 Å². The average Bonchev–Trinajstić information content (AvgIpc) is 2.86. The van der Waals surface area contributed by atoms with Gasteiger partial charge in [0.2, 0.25) is 0 Å². The molecule has 1 saturated carbocycles. The van der Waals surface area contributed by atoms with Gasteiger partial charge in [0.25, 0.3) is 0 Å². The molecule has 1 fully saturated rings. The number of unbranched alkanes of at least 4 members (excludes halogenated alkanes) is 5. The fourth-order valence-corrected chi connectivity index (χ4v) is 4.83. The molecule has 2 aromatic rings. The van der Waals surface area contributed by atoms with Gasteiger partial charge >= 0.3 is 0 Å². The first-order valence-corrected chi connectivity index (χ1v) is 13.5. The highest BCUT2D eigenvalue weighted by molar-refractivity contribution is 5.55. The second kappa shape index (κ2) is 14.9. The van der Waals surface area contributed by atoms with Gasteiger partial charge in [0.05, 0.1) is 0 Å². The lowest BCUT2D eigenvalue weighted by atomic mass is 9.79. The summed E-state index contributed by atoms with van der Waals surface area (Å²) >= 11 is 0. The van der Waals surface area contributed by atoms with Crippen LogP contribution in [0.2, 0.25) is 0 Å². The van der Waals surface area contributed by atoms with Gasteiger partial charge < -0.3 is 4.74 Å². The number of allylic oxidation sites excluding steroid dienone is 1. The third-order valence-corrected chi connectivity index (χ3v) is 7.00. The van der Waals surface area contributed by atoms with E-state index < -0.39 is 0 Å². The van der Waals surface area contributed by atoms with Crippen molar-refractivity contribution in [2.24, 2.45) is 11.8 Å². The van der Waals surface area contributed by atoms with Crippen molar-refractivity contribution in [3.63, 3.8) is 0 Å². The molecule has 1 aliphatic rings. The summed E-state index contributed by atoms with van der Waals surface area (Å²) in [5, 5.41) is 0. The predicted molar refractivity (Wildman–Crippen MR) is 140 cm³/mol. The van der Waals surface area contributed by atoms with Crippen LogP contribution in [0.4, 0.5) is 0 Å². The molecule has 0 radical (unpaired) electrons. The molecule has 1 aromatic heterocycles. The second-order valence-corrected chi connectivity index (χ2v) is 9.77. The highest BCUT2D eigenvalue weighted by atomic mass is 16.5. The van der Waals surface area contributed by atoms with Crippen LogP contribution in [0.3, 0.4) is 0 Å². The summed E-state index contributed by atoms with van der Waals surface area (Å²) in [5.41, 5.74) is 2.26. The molecule has 0 spiro atoms. The highest BCUT2D eigenvalue weighted by Crippen LogP contribution is 2.32. The van der Waals surface area contributed by atoms with Gasteiger partial charge in [-0.15, -0.1) is 0 Å². The Hall–Kier alpha value is -2.16. The van der Waals surface area contributed by atoms with Gasteiger partial charge in [0.1, 0.15) is 12.4 Å². The Kier molecular flexibility index (Phi) is 11.5. The first-order chi connectivity index (χ1) is 16.3.